The Morgan fingerprint density at radius 1 is 0.982 bits per heavy atom. The zero-order valence-corrected chi connectivity index (χ0v) is 34.0. The van der Waals surface area contributed by atoms with Crippen LogP contribution in [0.3, 0.4) is 0 Å². The molecule has 1 aromatic carbocycles. The molecule has 55 heavy (non-hydrogen) atoms. The smallest absolute Gasteiger partial charge is 0.223 e. The number of hydrogen-bond donors (Lipinski definition) is 1. The Bertz CT molecular complexity index is 1680. The second kappa shape index (κ2) is 13.2. The van der Waals surface area contributed by atoms with E-state index in [2.05, 4.69) is 34.6 Å². The first-order valence-corrected chi connectivity index (χ1v) is 21.6. The maximum Gasteiger partial charge on any atom is 0.223 e. The summed E-state index contributed by atoms with van der Waals surface area (Å²) in [5.74, 6) is 0.772. The number of ether oxygens (including phenoxy) is 3. The second-order valence-corrected chi connectivity index (χ2v) is 20.7. The summed E-state index contributed by atoms with van der Waals surface area (Å²) < 4.78 is 48.0. The van der Waals surface area contributed by atoms with Crippen LogP contribution in [0.1, 0.15) is 118 Å². The molecule has 0 radical (unpaired) electrons. The van der Waals surface area contributed by atoms with Gasteiger partial charge in [-0.15, -0.1) is 0 Å². The monoisotopic (exact) mass is 766 g/mol. The number of benzene rings is 1. The number of rotatable bonds is 8. The molecular formula is C45H64F2N2O6. The number of carbonyl (C=O) groups excluding carboxylic acids is 2. The summed E-state index contributed by atoms with van der Waals surface area (Å²) in [6.45, 7) is 15.6. The predicted octanol–water partition coefficient (Wildman–Crippen LogP) is 7.50. The third kappa shape index (κ3) is 5.82. The van der Waals surface area contributed by atoms with E-state index in [1.54, 1.807) is 4.90 Å². The van der Waals surface area contributed by atoms with E-state index in [9.17, 15) is 23.5 Å². The zero-order chi connectivity index (χ0) is 38.9. The lowest BCUT2D eigenvalue weighted by atomic mass is 9.41. The summed E-state index contributed by atoms with van der Waals surface area (Å²) in [5.41, 5.74) is 0.456. The number of carbonyl (C=O) groups is 2. The minimum absolute atomic E-state index is 0.0367. The molecule has 0 bridgehead atoms. The maximum absolute atomic E-state index is 14.0. The quantitative estimate of drug-likeness (QED) is 0.295. The van der Waals surface area contributed by atoms with Gasteiger partial charge in [-0.3, -0.25) is 9.59 Å². The van der Waals surface area contributed by atoms with Gasteiger partial charge in [0.25, 0.3) is 0 Å². The minimum atomic E-state index is -0.658. The molecule has 8 fully saturated rings. The Morgan fingerprint density at radius 3 is 2.40 bits per heavy atom. The summed E-state index contributed by atoms with van der Waals surface area (Å²) in [5, 5.41) is 12.7. The topological polar surface area (TPSA) is 88.5 Å². The van der Waals surface area contributed by atoms with E-state index in [4.69, 9.17) is 14.2 Å². The van der Waals surface area contributed by atoms with E-state index < -0.39 is 17.7 Å². The van der Waals surface area contributed by atoms with Crippen LogP contribution >= 0.6 is 0 Å². The van der Waals surface area contributed by atoms with Crippen LogP contribution in [0.15, 0.2) is 18.2 Å². The fourth-order valence-corrected chi connectivity index (χ4v) is 15.0. The lowest BCUT2D eigenvalue weighted by Crippen LogP contribution is -2.60. The van der Waals surface area contributed by atoms with Gasteiger partial charge in [-0.2, -0.15) is 0 Å². The number of aliphatic hydroxyl groups excluding tert-OH is 1. The van der Waals surface area contributed by atoms with Gasteiger partial charge in [-0.25, -0.2) is 8.78 Å². The van der Waals surface area contributed by atoms with Gasteiger partial charge < -0.3 is 29.1 Å². The lowest BCUT2D eigenvalue weighted by molar-refractivity contribution is -0.248. The van der Waals surface area contributed by atoms with Gasteiger partial charge >= 0.3 is 0 Å². The Kier molecular flexibility index (Phi) is 9.20. The largest absolute Gasteiger partial charge is 0.390 e. The van der Waals surface area contributed by atoms with Crippen LogP contribution in [0.5, 0.6) is 0 Å². The van der Waals surface area contributed by atoms with E-state index in [1.165, 1.54) is 44.7 Å². The first kappa shape index (κ1) is 38.4. The molecule has 2 saturated heterocycles. The number of morpholine rings is 1. The average Bonchev–Trinajstić information content (AvgIpc) is 4.04. The predicted molar refractivity (Wildman–Crippen MR) is 202 cm³/mol. The van der Waals surface area contributed by atoms with Crippen molar-refractivity contribution < 1.29 is 37.7 Å². The van der Waals surface area contributed by atoms with Crippen molar-refractivity contribution in [2.24, 2.45) is 56.7 Å². The van der Waals surface area contributed by atoms with Crippen LogP contribution < -0.4 is 0 Å². The van der Waals surface area contributed by atoms with Gasteiger partial charge in [0, 0.05) is 44.5 Å². The summed E-state index contributed by atoms with van der Waals surface area (Å²) >= 11 is 0. The molecule has 2 heterocycles. The first-order valence-electron chi connectivity index (χ1n) is 21.6. The van der Waals surface area contributed by atoms with Crippen molar-refractivity contribution in [1.29, 1.82) is 0 Å². The molecule has 2 aliphatic heterocycles. The molecule has 2 amide bonds. The average molecular weight is 767 g/mol. The Morgan fingerprint density at radius 2 is 1.69 bits per heavy atom. The van der Waals surface area contributed by atoms with E-state index in [0.29, 0.717) is 56.0 Å². The van der Waals surface area contributed by atoms with Gasteiger partial charge in [0.2, 0.25) is 11.8 Å². The van der Waals surface area contributed by atoms with Gasteiger partial charge in [0.1, 0.15) is 11.6 Å². The van der Waals surface area contributed by atoms with Crippen molar-refractivity contribution in [2.75, 3.05) is 26.2 Å². The molecular weight excluding hydrogens is 702 g/mol. The molecule has 10 heteroatoms. The molecule has 2 spiro atoms. The number of fused-ring (bicyclic) bond motifs is 4. The van der Waals surface area contributed by atoms with Gasteiger partial charge in [-0.1, -0.05) is 34.6 Å². The Hall–Kier alpha value is -2.14. The molecule has 304 valence electrons. The van der Waals surface area contributed by atoms with Crippen molar-refractivity contribution in [1.82, 2.24) is 9.80 Å². The summed E-state index contributed by atoms with van der Waals surface area (Å²) in [6.07, 6.45) is 10.1. The van der Waals surface area contributed by atoms with Crippen molar-refractivity contribution in [3.8, 4) is 0 Å². The lowest BCUT2D eigenvalue weighted by Gasteiger charge is -2.64. The molecule has 0 aromatic heterocycles. The van der Waals surface area contributed by atoms with Gasteiger partial charge in [-0.05, 0) is 133 Å². The number of hydrogen-bond acceptors (Lipinski definition) is 6. The van der Waals surface area contributed by atoms with Gasteiger partial charge in [0.05, 0.1) is 37.6 Å². The first-order chi connectivity index (χ1) is 26.0. The highest BCUT2D eigenvalue weighted by atomic mass is 19.1. The Labute approximate surface area is 326 Å². The highest BCUT2D eigenvalue weighted by molar-refractivity contribution is 5.76. The molecule has 1 aromatic rings. The van der Waals surface area contributed by atoms with Crippen molar-refractivity contribution in [3.05, 3.63) is 35.4 Å². The van der Waals surface area contributed by atoms with Crippen molar-refractivity contribution in [2.45, 2.75) is 149 Å². The van der Waals surface area contributed by atoms with E-state index in [0.717, 1.165) is 44.6 Å². The Balaban J connectivity index is 0.904. The maximum atomic E-state index is 14.0. The zero-order valence-electron chi connectivity index (χ0n) is 34.0. The fraction of sp³-hybridized carbons (Fsp3) is 0.822. The number of halogens is 2. The molecule has 9 rings (SSSR count). The highest BCUT2D eigenvalue weighted by Gasteiger charge is 2.84. The van der Waals surface area contributed by atoms with E-state index >= 15 is 0 Å². The summed E-state index contributed by atoms with van der Waals surface area (Å²) in [7, 11) is 0. The normalized spacial score (nSPS) is 45.4. The van der Waals surface area contributed by atoms with Crippen LogP contribution in [-0.2, 0) is 30.3 Å². The number of aliphatic hydroxyl groups is 1. The molecule has 8 nitrogen and oxygen atoms in total. The minimum Gasteiger partial charge on any atom is -0.390 e. The molecule has 9 unspecified atom stereocenters. The van der Waals surface area contributed by atoms with Crippen LogP contribution in [0.2, 0.25) is 0 Å². The summed E-state index contributed by atoms with van der Waals surface area (Å²) in [6, 6.07) is 3.40. The summed E-state index contributed by atoms with van der Waals surface area (Å²) in [4.78, 5) is 29.4. The number of amides is 2. The molecule has 6 aliphatic carbocycles. The fourth-order valence-electron chi connectivity index (χ4n) is 15.0. The third-order valence-corrected chi connectivity index (χ3v) is 17.8. The molecule has 8 aliphatic rings. The van der Waals surface area contributed by atoms with Crippen molar-refractivity contribution >= 4 is 11.8 Å². The van der Waals surface area contributed by atoms with E-state index in [1.807, 2.05) is 4.90 Å². The van der Waals surface area contributed by atoms with Crippen molar-refractivity contribution in [3.63, 3.8) is 0 Å². The van der Waals surface area contributed by atoms with Gasteiger partial charge in [0.15, 0.2) is 6.29 Å². The standard InChI is InChI=1S/C45H64F2N2O6/c1-26-17-32(23-49(27(2)50)22-29-18-30(46)21-31(47)19-29)54-39-38(26)42(5)13-14-45-25-44(45)12-11-35(41(3,4)33(44)9-10-34(45)43(42,6)40(39)52)55-37-24-48(15-16-53-37)36(51)20-28-7-8-28/h18-19,21,26,28,32-35,37-40,52H,7-17,20,22-25H2,1-6H3/t26?,32?,33-,34?,35?,37-,38?,39?,40-,42?,43+,44?,45?/m0/s1. The third-order valence-electron chi connectivity index (χ3n) is 17.8. The van der Waals surface area contributed by atoms with Crippen LogP contribution in [0, 0.1) is 68.3 Å². The molecule has 1 N–H and O–H groups in total. The van der Waals surface area contributed by atoms with E-state index in [-0.39, 0.29) is 81.9 Å². The van der Waals surface area contributed by atoms with Crippen LogP contribution in [-0.4, -0.2) is 83.7 Å². The number of nitrogens with zero attached hydrogens (tertiary/aromatic N) is 2. The van der Waals surface area contributed by atoms with Crippen LogP contribution in [0.4, 0.5) is 8.78 Å². The van der Waals surface area contributed by atoms with Crippen LogP contribution in [0.25, 0.3) is 0 Å². The SMILES string of the molecule is CC(=O)N(Cc1cc(F)cc(F)c1)CC1CC(C)C2C(O1)[C@H](O)[C@@]1(C)C3CC[C@H]4C(C)(C)C(O[C@H]5CN(C(=O)CC6CC6)CCO5)CCC45CC35CCC21C. The highest BCUT2D eigenvalue weighted by Crippen LogP contribution is 2.89. The molecule has 13 atom stereocenters. The second-order valence-electron chi connectivity index (χ2n) is 20.7. The molecule has 6 saturated carbocycles.